The molecule has 0 bridgehead atoms. The average molecular weight is 569 g/mol. The number of alkyl halides is 3. The summed E-state index contributed by atoms with van der Waals surface area (Å²) in [5.74, 6) is -0.858. The Morgan fingerprint density at radius 2 is 1.76 bits per heavy atom. The molecule has 214 valence electrons. The molecule has 2 aromatic carbocycles. The van der Waals surface area contributed by atoms with E-state index in [1.54, 1.807) is 37.3 Å². The number of carbonyl (C=O) groups is 2. The zero-order valence-electron chi connectivity index (χ0n) is 22.3. The number of benzene rings is 2. The fourth-order valence-corrected chi connectivity index (χ4v) is 4.96. The molecule has 10 heteroatoms. The summed E-state index contributed by atoms with van der Waals surface area (Å²) in [5, 5.41) is 3.32. The Labute approximate surface area is 233 Å². The fraction of sp³-hybridized carbons (Fsp3) is 0.323. The average Bonchev–Trinajstić information content (AvgIpc) is 3.34. The molecule has 4 aromatic rings. The number of nitrogens with one attached hydrogen (secondary N) is 1. The molecule has 1 N–H and O–H groups in total. The van der Waals surface area contributed by atoms with E-state index in [0.717, 1.165) is 0 Å². The van der Waals surface area contributed by atoms with E-state index in [9.17, 15) is 27.2 Å². The van der Waals surface area contributed by atoms with Crippen LogP contribution in [0.2, 0.25) is 0 Å². The van der Waals surface area contributed by atoms with E-state index in [2.05, 4.69) is 10.3 Å². The third kappa shape index (κ3) is 6.48. The fourth-order valence-electron chi connectivity index (χ4n) is 4.96. The normalized spacial score (nSPS) is 14.4. The number of hydrogen-bond acceptors (Lipinski definition) is 5. The Kier molecular flexibility index (Phi) is 8.21. The van der Waals surface area contributed by atoms with E-state index in [0.29, 0.717) is 53.7 Å². The number of ether oxygens (including phenoxy) is 1. The van der Waals surface area contributed by atoms with Gasteiger partial charge in [0.1, 0.15) is 11.6 Å². The van der Waals surface area contributed by atoms with Crippen LogP contribution in [-0.4, -0.2) is 42.1 Å². The van der Waals surface area contributed by atoms with Gasteiger partial charge in [-0.05, 0) is 67.3 Å². The zero-order chi connectivity index (χ0) is 29.1. The zero-order valence-corrected chi connectivity index (χ0v) is 22.3. The van der Waals surface area contributed by atoms with Crippen molar-refractivity contribution in [2.75, 3.05) is 13.2 Å². The molecule has 0 radical (unpaired) electrons. The van der Waals surface area contributed by atoms with Gasteiger partial charge in [0.25, 0.3) is 5.91 Å². The van der Waals surface area contributed by atoms with Crippen LogP contribution in [0.4, 0.5) is 17.6 Å². The van der Waals surface area contributed by atoms with Crippen LogP contribution in [0.1, 0.15) is 59.0 Å². The van der Waals surface area contributed by atoms with Crippen LogP contribution in [-0.2, 0) is 11.2 Å². The van der Waals surface area contributed by atoms with E-state index in [1.165, 1.54) is 24.3 Å². The van der Waals surface area contributed by atoms with Crippen LogP contribution in [0.25, 0.3) is 33.6 Å². The maximum absolute atomic E-state index is 13.6. The maximum atomic E-state index is 13.6. The first-order valence-corrected chi connectivity index (χ1v) is 13.4. The lowest BCUT2D eigenvalue weighted by molar-refractivity contribution is -0.134. The molecule has 5 rings (SSSR count). The van der Waals surface area contributed by atoms with Gasteiger partial charge in [-0.2, -0.15) is 13.2 Å². The predicted molar refractivity (Wildman–Crippen MR) is 145 cm³/mol. The summed E-state index contributed by atoms with van der Waals surface area (Å²) in [5.41, 5.74) is 1.97. The SMILES string of the molecule is CCC(=O)c1c(-c2ccc(F)cc2)oc2nc(CCC(F)(F)F)c(-c3cccc(C(=O)NC4CCOCC4)c3)cc12. The van der Waals surface area contributed by atoms with Crippen molar-refractivity contribution in [3.8, 4) is 22.5 Å². The first kappa shape index (κ1) is 28.5. The monoisotopic (exact) mass is 568 g/mol. The summed E-state index contributed by atoms with van der Waals surface area (Å²) < 4.78 is 64.7. The van der Waals surface area contributed by atoms with Gasteiger partial charge in [-0.1, -0.05) is 19.1 Å². The molecule has 1 aliphatic heterocycles. The smallest absolute Gasteiger partial charge is 0.389 e. The Morgan fingerprint density at radius 1 is 1.02 bits per heavy atom. The minimum Gasteiger partial charge on any atom is -0.437 e. The molecule has 1 saturated heterocycles. The van der Waals surface area contributed by atoms with Gasteiger partial charge in [0, 0.05) is 48.8 Å². The number of amides is 1. The van der Waals surface area contributed by atoms with Crippen LogP contribution in [0.5, 0.6) is 0 Å². The largest absolute Gasteiger partial charge is 0.437 e. The number of nitrogens with zero attached hydrogens (tertiary/aromatic N) is 1. The number of fused-ring (bicyclic) bond motifs is 1. The van der Waals surface area contributed by atoms with Gasteiger partial charge in [-0.3, -0.25) is 9.59 Å². The van der Waals surface area contributed by atoms with Crippen molar-refractivity contribution in [2.45, 2.75) is 51.2 Å². The quantitative estimate of drug-likeness (QED) is 0.178. The van der Waals surface area contributed by atoms with Crippen molar-refractivity contribution < 1.29 is 36.3 Å². The third-order valence-electron chi connectivity index (χ3n) is 7.11. The Hall–Kier alpha value is -4.05. The summed E-state index contributed by atoms with van der Waals surface area (Å²) in [6, 6.07) is 13.5. The summed E-state index contributed by atoms with van der Waals surface area (Å²) in [7, 11) is 0. The van der Waals surface area contributed by atoms with Crippen LogP contribution >= 0.6 is 0 Å². The molecule has 1 fully saturated rings. The lowest BCUT2D eigenvalue weighted by atomic mass is 9.95. The van der Waals surface area contributed by atoms with Gasteiger partial charge in [0.15, 0.2) is 5.78 Å². The molecular formula is C31H28F4N2O4. The highest BCUT2D eigenvalue weighted by Crippen LogP contribution is 2.38. The number of pyridine rings is 1. The van der Waals surface area contributed by atoms with E-state index in [1.807, 2.05) is 0 Å². The maximum Gasteiger partial charge on any atom is 0.389 e. The van der Waals surface area contributed by atoms with E-state index >= 15 is 0 Å². The minimum atomic E-state index is -4.43. The number of Topliss-reactive ketones (excluding diaryl/α,β-unsaturated/α-hetero) is 1. The molecule has 0 saturated carbocycles. The Balaban J connectivity index is 1.62. The van der Waals surface area contributed by atoms with Gasteiger partial charge < -0.3 is 14.5 Å². The number of rotatable bonds is 8. The van der Waals surface area contributed by atoms with E-state index < -0.39 is 24.8 Å². The molecule has 0 spiro atoms. The lowest BCUT2D eigenvalue weighted by Gasteiger charge is -2.23. The van der Waals surface area contributed by atoms with Crippen molar-refractivity contribution >= 4 is 22.8 Å². The third-order valence-corrected chi connectivity index (χ3v) is 7.11. The highest BCUT2D eigenvalue weighted by molar-refractivity contribution is 6.12. The number of ketones is 1. The predicted octanol–water partition coefficient (Wildman–Crippen LogP) is 7.30. The van der Waals surface area contributed by atoms with Crippen LogP contribution in [0.15, 0.2) is 59.0 Å². The van der Waals surface area contributed by atoms with Crippen molar-refractivity contribution in [1.82, 2.24) is 10.3 Å². The van der Waals surface area contributed by atoms with E-state index in [-0.39, 0.29) is 46.9 Å². The summed E-state index contributed by atoms with van der Waals surface area (Å²) >= 11 is 0. The van der Waals surface area contributed by atoms with Crippen molar-refractivity contribution in [3.05, 3.63) is 77.2 Å². The number of furan rings is 1. The second kappa shape index (κ2) is 11.8. The van der Waals surface area contributed by atoms with E-state index in [4.69, 9.17) is 9.15 Å². The summed E-state index contributed by atoms with van der Waals surface area (Å²) in [4.78, 5) is 30.6. The van der Waals surface area contributed by atoms with Gasteiger partial charge in [-0.15, -0.1) is 0 Å². The molecular weight excluding hydrogens is 540 g/mol. The van der Waals surface area contributed by atoms with Crippen LogP contribution < -0.4 is 5.32 Å². The summed E-state index contributed by atoms with van der Waals surface area (Å²) in [6.45, 7) is 2.80. The van der Waals surface area contributed by atoms with Crippen molar-refractivity contribution in [3.63, 3.8) is 0 Å². The van der Waals surface area contributed by atoms with Gasteiger partial charge in [0.2, 0.25) is 5.71 Å². The second-order valence-electron chi connectivity index (χ2n) is 9.98. The van der Waals surface area contributed by atoms with Crippen LogP contribution in [0.3, 0.4) is 0 Å². The van der Waals surface area contributed by atoms with Gasteiger partial charge in [0.05, 0.1) is 16.6 Å². The lowest BCUT2D eigenvalue weighted by Crippen LogP contribution is -2.38. The topological polar surface area (TPSA) is 81.4 Å². The standard InChI is InChI=1S/C31H28F4N2O4/c1-2-26(38)27-24-17-23(19-4-3-5-20(16-19)29(39)36-22-11-14-40-15-12-22)25(10-13-31(33,34)35)37-30(24)41-28(27)18-6-8-21(32)9-7-18/h3-9,16-17,22H,2,10-15H2,1H3,(H,36,39). The van der Waals surface area contributed by atoms with Crippen LogP contribution in [0, 0.1) is 5.82 Å². The molecule has 1 aliphatic rings. The molecule has 3 heterocycles. The Bertz CT molecular complexity index is 1570. The number of carbonyl (C=O) groups excluding carboxylic acids is 2. The number of aromatic nitrogens is 1. The van der Waals surface area contributed by atoms with Gasteiger partial charge >= 0.3 is 6.18 Å². The summed E-state index contributed by atoms with van der Waals surface area (Å²) in [6.07, 6.45) is -4.45. The van der Waals surface area contributed by atoms with Crippen molar-refractivity contribution in [1.29, 1.82) is 0 Å². The number of aryl methyl sites for hydroxylation is 1. The highest BCUT2D eigenvalue weighted by Gasteiger charge is 2.29. The molecule has 1 amide bonds. The second-order valence-corrected chi connectivity index (χ2v) is 9.98. The highest BCUT2D eigenvalue weighted by atomic mass is 19.4. The molecule has 0 unspecified atom stereocenters. The van der Waals surface area contributed by atoms with Crippen molar-refractivity contribution in [2.24, 2.45) is 0 Å². The molecule has 2 aromatic heterocycles. The Morgan fingerprint density at radius 3 is 2.44 bits per heavy atom. The molecule has 0 atom stereocenters. The first-order chi connectivity index (χ1) is 19.6. The first-order valence-electron chi connectivity index (χ1n) is 13.4. The minimum absolute atomic E-state index is 0.00969. The molecule has 0 aliphatic carbocycles. The molecule has 6 nitrogen and oxygen atoms in total. The van der Waals surface area contributed by atoms with Gasteiger partial charge in [-0.25, -0.2) is 9.37 Å². The molecule has 41 heavy (non-hydrogen) atoms. The number of halogens is 4. The number of hydrogen-bond donors (Lipinski definition) is 1.